The van der Waals surface area contributed by atoms with Gasteiger partial charge >= 0.3 is 0 Å². The summed E-state index contributed by atoms with van der Waals surface area (Å²) in [6, 6.07) is 0. The molecule has 0 aliphatic heterocycles. The summed E-state index contributed by atoms with van der Waals surface area (Å²) in [5, 5.41) is -0.871. The Bertz CT molecular complexity index is 591. The lowest BCUT2D eigenvalue weighted by molar-refractivity contribution is 0.452. The number of rotatable bonds is 4. The van der Waals surface area contributed by atoms with Crippen molar-refractivity contribution in [3.63, 3.8) is 0 Å². The van der Waals surface area contributed by atoms with Crippen molar-refractivity contribution in [1.82, 2.24) is 0 Å². The molecule has 0 N–H and O–H groups in total. The maximum absolute atomic E-state index is 13.6. The van der Waals surface area contributed by atoms with Crippen molar-refractivity contribution in [2.75, 3.05) is 0 Å². The third kappa shape index (κ3) is 2.95. The van der Waals surface area contributed by atoms with Crippen LogP contribution >= 0.6 is 0 Å². The zero-order valence-corrected chi connectivity index (χ0v) is 16.5. The molecular weight excluding hydrogens is 344 g/mol. The molecule has 0 saturated heterocycles. The van der Waals surface area contributed by atoms with Crippen molar-refractivity contribution in [3.05, 3.63) is 0 Å². The van der Waals surface area contributed by atoms with E-state index in [1.54, 1.807) is 0 Å². The molecule has 1 unspecified atom stereocenters. The van der Waals surface area contributed by atoms with Crippen LogP contribution in [0.5, 0.6) is 0 Å². The quantitative estimate of drug-likeness (QED) is 0.744. The number of sulfone groups is 2. The van der Waals surface area contributed by atoms with Crippen LogP contribution in [-0.4, -0.2) is 31.4 Å². The maximum atomic E-state index is 13.6. The zero-order valence-electron chi connectivity index (χ0n) is 14.9. The fraction of sp³-hybridized carbons (Fsp3) is 1.00. The van der Waals surface area contributed by atoms with Crippen LogP contribution < -0.4 is 0 Å². The highest BCUT2D eigenvalue weighted by atomic mass is 32.3. The Balaban J connectivity index is 2.01. The van der Waals surface area contributed by atoms with E-state index < -0.39 is 34.3 Å². The molecule has 0 aromatic heterocycles. The summed E-state index contributed by atoms with van der Waals surface area (Å²) in [5.74, 6) is 0.182. The van der Waals surface area contributed by atoms with E-state index in [0.717, 1.165) is 44.9 Å². The van der Waals surface area contributed by atoms with Crippen molar-refractivity contribution >= 4 is 19.7 Å². The minimum atomic E-state index is -3.65. The lowest BCUT2D eigenvalue weighted by Crippen LogP contribution is -2.53. The first-order chi connectivity index (χ1) is 11.3. The molecule has 0 spiro atoms. The summed E-state index contributed by atoms with van der Waals surface area (Å²) in [5.41, 5.74) is 0. The van der Waals surface area contributed by atoms with Crippen LogP contribution in [0.3, 0.4) is 0 Å². The van der Waals surface area contributed by atoms with Crippen LogP contribution in [0.2, 0.25) is 0 Å². The zero-order chi connectivity index (χ0) is 17.4. The molecule has 0 heterocycles. The van der Waals surface area contributed by atoms with Crippen molar-refractivity contribution in [2.24, 2.45) is 5.92 Å². The molecule has 0 aromatic carbocycles. The van der Waals surface area contributed by atoms with Crippen LogP contribution in [0.15, 0.2) is 0 Å². The van der Waals surface area contributed by atoms with E-state index in [0.29, 0.717) is 38.5 Å². The summed E-state index contributed by atoms with van der Waals surface area (Å²) >= 11 is 0. The summed E-state index contributed by atoms with van der Waals surface area (Å²) in [4.78, 5) is 0. The summed E-state index contributed by atoms with van der Waals surface area (Å²) < 4.78 is 52.8. The van der Waals surface area contributed by atoms with Crippen molar-refractivity contribution < 1.29 is 16.8 Å². The van der Waals surface area contributed by atoms with Gasteiger partial charge in [-0.3, -0.25) is 0 Å². The second-order valence-electron chi connectivity index (χ2n) is 8.37. The van der Waals surface area contributed by atoms with Gasteiger partial charge in [-0.15, -0.1) is 0 Å². The van der Waals surface area contributed by atoms with Crippen LogP contribution in [0.4, 0.5) is 0 Å². The molecule has 24 heavy (non-hydrogen) atoms. The van der Waals surface area contributed by atoms with Gasteiger partial charge in [0.15, 0.2) is 23.8 Å². The van der Waals surface area contributed by atoms with Gasteiger partial charge in [-0.1, -0.05) is 45.4 Å². The van der Waals surface area contributed by atoms with Gasteiger partial charge in [0.1, 0.15) is 0 Å². The molecule has 3 aliphatic carbocycles. The predicted octanol–water partition coefficient (Wildman–Crippen LogP) is 4.00. The molecule has 1 atom stereocenters. The average Bonchev–Trinajstić information content (AvgIpc) is 3.01. The van der Waals surface area contributed by atoms with E-state index in [9.17, 15) is 16.8 Å². The lowest BCUT2D eigenvalue weighted by Gasteiger charge is -2.38. The smallest absolute Gasteiger partial charge is 0.174 e. The van der Waals surface area contributed by atoms with E-state index in [2.05, 4.69) is 0 Å². The van der Waals surface area contributed by atoms with Crippen molar-refractivity contribution in [1.29, 1.82) is 0 Å². The molecule has 0 bridgehead atoms. The fourth-order valence-corrected chi connectivity index (χ4v) is 12.3. The molecule has 3 fully saturated rings. The Hall–Kier alpha value is -0.100. The standard InChI is InChI=1S/C18H32O4S2/c1-15-12-13-18(14-15,23(19,20)16-8-4-2-5-9-16)24(21,22)17-10-6-3-7-11-17/h15-17H,2-14H2,1H3. The minimum absolute atomic E-state index is 0.182. The van der Waals surface area contributed by atoms with Gasteiger partial charge in [0, 0.05) is 0 Å². The van der Waals surface area contributed by atoms with Gasteiger partial charge in [0.2, 0.25) is 0 Å². The molecule has 4 nitrogen and oxygen atoms in total. The maximum Gasteiger partial charge on any atom is 0.174 e. The van der Waals surface area contributed by atoms with Gasteiger partial charge in [-0.25, -0.2) is 16.8 Å². The lowest BCUT2D eigenvalue weighted by atomic mass is 10.0. The molecular formula is C18H32O4S2. The van der Waals surface area contributed by atoms with E-state index in [1.807, 2.05) is 6.92 Å². The Morgan fingerprint density at radius 2 is 1.08 bits per heavy atom. The molecule has 3 aliphatic rings. The van der Waals surface area contributed by atoms with E-state index in [4.69, 9.17) is 0 Å². The molecule has 0 aromatic rings. The Morgan fingerprint density at radius 3 is 1.42 bits per heavy atom. The Kier molecular flexibility index (Phi) is 5.37. The third-order valence-corrected chi connectivity index (χ3v) is 13.6. The third-order valence-electron chi connectivity index (χ3n) is 6.70. The molecule has 140 valence electrons. The van der Waals surface area contributed by atoms with Gasteiger partial charge in [0.05, 0.1) is 10.5 Å². The molecule has 3 saturated carbocycles. The number of hydrogen-bond donors (Lipinski definition) is 0. The second-order valence-corrected chi connectivity index (χ2v) is 13.7. The topological polar surface area (TPSA) is 68.3 Å². The Morgan fingerprint density at radius 1 is 0.667 bits per heavy atom. The minimum Gasteiger partial charge on any atom is -0.227 e. The number of hydrogen-bond acceptors (Lipinski definition) is 4. The van der Waals surface area contributed by atoms with E-state index >= 15 is 0 Å². The van der Waals surface area contributed by atoms with E-state index in [1.165, 1.54) is 0 Å². The monoisotopic (exact) mass is 376 g/mol. The SMILES string of the molecule is CC1CCC(S(=O)(=O)C2CCCCC2)(S(=O)(=O)C2CCCCC2)C1. The van der Waals surface area contributed by atoms with Crippen molar-refractivity contribution in [3.8, 4) is 0 Å². The largest absolute Gasteiger partial charge is 0.227 e. The summed E-state index contributed by atoms with van der Waals surface area (Å²) in [6.45, 7) is 2.01. The molecule has 0 radical (unpaired) electrons. The Labute approximate surface area is 147 Å². The molecule has 0 amide bonds. The van der Waals surface area contributed by atoms with Crippen LogP contribution in [0, 0.1) is 5.92 Å². The van der Waals surface area contributed by atoms with Crippen LogP contribution in [0.25, 0.3) is 0 Å². The molecule has 3 rings (SSSR count). The first-order valence-corrected chi connectivity index (χ1v) is 12.9. The highest BCUT2D eigenvalue weighted by molar-refractivity contribution is 8.10. The highest BCUT2D eigenvalue weighted by Gasteiger charge is 2.61. The second kappa shape index (κ2) is 6.90. The van der Waals surface area contributed by atoms with Gasteiger partial charge in [-0.05, 0) is 50.9 Å². The predicted molar refractivity (Wildman–Crippen MR) is 97.3 cm³/mol. The van der Waals surface area contributed by atoms with Crippen LogP contribution in [-0.2, 0) is 19.7 Å². The molecule has 6 heteroatoms. The van der Waals surface area contributed by atoms with Crippen molar-refractivity contribution in [2.45, 2.75) is 105 Å². The van der Waals surface area contributed by atoms with Crippen LogP contribution in [0.1, 0.15) is 90.4 Å². The van der Waals surface area contributed by atoms with E-state index in [-0.39, 0.29) is 5.92 Å². The van der Waals surface area contributed by atoms with Gasteiger partial charge < -0.3 is 0 Å². The van der Waals surface area contributed by atoms with Gasteiger partial charge in [-0.2, -0.15) is 0 Å². The fourth-order valence-electron chi connectivity index (χ4n) is 5.24. The first-order valence-electron chi connectivity index (χ1n) is 9.78. The first kappa shape index (κ1) is 18.7. The summed E-state index contributed by atoms with van der Waals surface area (Å²) in [6.07, 6.45) is 9.79. The normalized spacial score (nSPS) is 30.5. The average molecular weight is 377 g/mol. The van der Waals surface area contributed by atoms with Gasteiger partial charge in [0.25, 0.3) is 0 Å². The summed E-state index contributed by atoms with van der Waals surface area (Å²) in [7, 11) is -7.30. The highest BCUT2D eigenvalue weighted by Crippen LogP contribution is 2.50.